The molecule has 1 aliphatic carbocycles. The Morgan fingerprint density at radius 2 is 1.78 bits per heavy atom. The third-order valence-corrected chi connectivity index (χ3v) is 3.60. The summed E-state index contributed by atoms with van der Waals surface area (Å²) in [4.78, 5) is 11.2. The van der Waals surface area contributed by atoms with E-state index in [0.29, 0.717) is 0 Å². The lowest BCUT2D eigenvalue weighted by molar-refractivity contribution is -0.319. The monoisotopic (exact) mass is 259 g/mol. The number of hydrogen-bond donors (Lipinski definition) is 2. The fourth-order valence-corrected chi connectivity index (χ4v) is 2.83. The van der Waals surface area contributed by atoms with Crippen LogP contribution in [0.1, 0.15) is 34.1 Å². The van der Waals surface area contributed by atoms with Gasteiger partial charge in [0, 0.05) is 11.9 Å². The molecule has 2 N–H and O–H groups in total. The summed E-state index contributed by atoms with van der Waals surface area (Å²) >= 11 is 0. The summed E-state index contributed by atoms with van der Waals surface area (Å²) < 4.78 is 5.48. The molecular formula is C13H23O5-. The molecular weight excluding hydrogens is 236 g/mol. The minimum absolute atomic E-state index is 0.0439. The van der Waals surface area contributed by atoms with Crippen LogP contribution in [0.5, 0.6) is 0 Å². The number of ether oxygens (including phenoxy) is 1. The van der Waals surface area contributed by atoms with Crippen LogP contribution < -0.4 is 5.11 Å². The van der Waals surface area contributed by atoms with Gasteiger partial charge in [0.2, 0.25) is 0 Å². The number of hydrogen-bond acceptors (Lipinski definition) is 5. The lowest BCUT2D eigenvalue weighted by atomic mass is 9.69. The summed E-state index contributed by atoms with van der Waals surface area (Å²) in [5.41, 5.74) is 0. The van der Waals surface area contributed by atoms with Crippen molar-refractivity contribution in [2.75, 3.05) is 0 Å². The van der Waals surface area contributed by atoms with Gasteiger partial charge < -0.3 is 24.9 Å². The van der Waals surface area contributed by atoms with Crippen molar-refractivity contribution in [2.24, 2.45) is 17.8 Å². The van der Waals surface area contributed by atoms with Crippen molar-refractivity contribution in [3.8, 4) is 0 Å². The van der Waals surface area contributed by atoms with E-state index in [4.69, 9.17) is 4.74 Å². The van der Waals surface area contributed by atoms with E-state index in [1.54, 1.807) is 0 Å². The lowest BCUT2D eigenvalue weighted by Crippen LogP contribution is -2.57. The molecule has 106 valence electrons. The Morgan fingerprint density at radius 1 is 1.22 bits per heavy atom. The molecule has 5 nitrogen and oxygen atoms in total. The zero-order chi connectivity index (χ0) is 14.0. The van der Waals surface area contributed by atoms with E-state index >= 15 is 0 Å². The smallest absolute Gasteiger partial charge is 0.106 e. The average molecular weight is 259 g/mol. The Kier molecular flexibility index (Phi) is 5.13. The van der Waals surface area contributed by atoms with Gasteiger partial charge in [-0.2, -0.15) is 0 Å². The van der Waals surface area contributed by atoms with Crippen LogP contribution in [0.3, 0.4) is 0 Å². The van der Waals surface area contributed by atoms with E-state index < -0.39 is 36.1 Å². The van der Waals surface area contributed by atoms with Gasteiger partial charge in [0.15, 0.2) is 0 Å². The van der Waals surface area contributed by atoms with Gasteiger partial charge >= 0.3 is 0 Å². The van der Waals surface area contributed by atoms with Gasteiger partial charge in [0.1, 0.15) is 6.10 Å². The number of carbonyl (C=O) groups excluding carboxylic acids is 1. The van der Waals surface area contributed by atoms with Gasteiger partial charge in [-0.1, -0.05) is 13.8 Å². The summed E-state index contributed by atoms with van der Waals surface area (Å²) in [6.45, 7) is 7.28. The fraction of sp³-hybridized carbons (Fsp3) is 0.923. The first-order chi connectivity index (χ1) is 8.25. The Hall–Kier alpha value is -0.650. The molecule has 0 saturated heterocycles. The zero-order valence-corrected chi connectivity index (χ0v) is 11.4. The topological polar surface area (TPSA) is 89.8 Å². The molecule has 0 aromatic carbocycles. The molecule has 1 fully saturated rings. The highest BCUT2D eigenvalue weighted by Crippen LogP contribution is 2.37. The summed E-state index contributed by atoms with van der Waals surface area (Å²) in [6, 6.07) is 0. The van der Waals surface area contributed by atoms with Crippen LogP contribution in [0.25, 0.3) is 0 Å². The highest BCUT2D eigenvalue weighted by atomic mass is 16.5. The highest BCUT2D eigenvalue weighted by molar-refractivity contribution is 5.68. The Balaban J connectivity index is 2.91. The molecule has 0 aliphatic heterocycles. The van der Waals surface area contributed by atoms with Crippen LogP contribution in [0.4, 0.5) is 0 Å². The van der Waals surface area contributed by atoms with Crippen molar-refractivity contribution in [3.05, 3.63) is 0 Å². The van der Waals surface area contributed by atoms with Crippen LogP contribution >= 0.6 is 0 Å². The second kappa shape index (κ2) is 5.99. The molecule has 18 heavy (non-hydrogen) atoms. The number of rotatable bonds is 4. The summed E-state index contributed by atoms with van der Waals surface area (Å²) in [5.74, 6) is -2.52. The number of carboxylic acid groups (broad SMARTS) is 1. The van der Waals surface area contributed by atoms with E-state index in [2.05, 4.69) is 0 Å². The number of aliphatic hydroxyl groups is 2. The fourth-order valence-electron chi connectivity index (χ4n) is 2.83. The van der Waals surface area contributed by atoms with Crippen LogP contribution in [0.15, 0.2) is 0 Å². The predicted molar refractivity (Wildman–Crippen MR) is 63.5 cm³/mol. The molecule has 1 rings (SSSR count). The van der Waals surface area contributed by atoms with Crippen molar-refractivity contribution >= 4 is 5.97 Å². The second-order valence-electron chi connectivity index (χ2n) is 5.69. The zero-order valence-electron chi connectivity index (χ0n) is 11.4. The van der Waals surface area contributed by atoms with E-state index in [9.17, 15) is 20.1 Å². The maximum atomic E-state index is 11.2. The first kappa shape index (κ1) is 15.4. The van der Waals surface area contributed by atoms with Crippen molar-refractivity contribution in [3.63, 3.8) is 0 Å². The summed E-state index contributed by atoms with van der Waals surface area (Å²) in [5, 5.41) is 31.3. The van der Waals surface area contributed by atoms with E-state index in [0.717, 1.165) is 0 Å². The molecule has 5 unspecified atom stereocenters. The number of carbonyl (C=O) groups is 1. The molecule has 0 aromatic heterocycles. The Morgan fingerprint density at radius 3 is 2.17 bits per heavy atom. The minimum atomic E-state index is -1.18. The van der Waals surface area contributed by atoms with Crippen LogP contribution in [-0.4, -0.2) is 40.6 Å². The first-order valence-electron chi connectivity index (χ1n) is 6.48. The average Bonchev–Trinajstić information content (AvgIpc) is 2.22. The molecule has 5 heteroatoms. The third-order valence-electron chi connectivity index (χ3n) is 3.60. The Labute approximate surface area is 108 Å². The third kappa shape index (κ3) is 3.22. The standard InChI is InChI=1S/C13H24O5/c1-6(2)10-8(13(16)17)5-9(18-7(3)4)11(14)12(10)15/h6-12,14-15H,5H2,1-4H3,(H,16,17)/p-1. The SMILES string of the molecule is CC(C)OC1CC(C(=O)[O-])C(C(C)C)C(O)C1O. The second-order valence-corrected chi connectivity index (χ2v) is 5.69. The molecule has 0 amide bonds. The van der Waals surface area contributed by atoms with Crippen molar-refractivity contribution in [1.82, 2.24) is 0 Å². The number of aliphatic hydroxyl groups excluding tert-OH is 2. The van der Waals surface area contributed by atoms with E-state index in [-0.39, 0.29) is 18.4 Å². The van der Waals surface area contributed by atoms with Crippen LogP contribution in [-0.2, 0) is 9.53 Å². The van der Waals surface area contributed by atoms with Crippen LogP contribution in [0.2, 0.25) is 0 Å². The minimum Gasteiger partial charge on any atom is -0.550 e. The van der Waals surface area contributed by atoms with Crippen molar-refractivity contribution in [2.45, 2.75) is 58.5 Å². The van der Waals surface area contributed by atoms with Gasteiger partial charge in [-0.15, -0.1) is 0 Å². The van der Waals surface area contributed by atoms with Gasteiger partial charge in [0.25, 0.3) is 0 Å². The summed E-state index contributed by atoms with van der Waals surface area (Å²) in [6.07, 6.45) is -2.74. The lowest BCUT2D eigenvalue weighted by Gasteiger charge is -2.45. The van der Waals surface area contributed by atoms with Crippen molar-refractivity contribution < 1.29 is 24.9 Å². The molecule has 0 radical (unpaired) electrons. The van der Waals surface area contributed by atoms with Crippen LogP contribution in [0, 0.1) is 17.8 Å². The largest absolute Gasteiger partial charge is 0.550 e. The van der Waals surface area contributed by atoms with E-state index in [1.165, 1.54) is 0 Å². The molecule has 5 atom stereocenters. The highest BCUT2D eigenvalue weighted by Gasteiger charge is 2.45. The van der Waals surface area contributed by atoms with E-state index in [1.807, 2.05) is 27.7 Å². The van der Waals surface area contributed by atoms with Gasteiger partial charge in [-0.25, -0.2) is 0 Å². The van der Waals surface area contributed by atoms with Gasteiger partial charge in [0.05, 0.1) is 18.3 Å². The Bertz CT molecular complexity index is 287. The quantitative estimate of drug-likeness (QED) is 0.713. The summed E-state index contributed by atoms with van der Waals surface area (Å²) in [7, 11) is 0. The molecule has 1 aliphatic rings. The van der Waals surface area contributed by atoms with Crippen molar-refractivity contribution in [1.29, 1.82) is 0 Å². The number of carboxylic acids is 1. The molecule has 0 heterocycles. The van der Waals surface area contributed by atoms with Gasteiger partial charge in [-0.05, 0) is 32.1 Å². The molecule has 1 saturated carbocycles. The number of aliphatic carboxylic acids is 1. The van der Waals surface area contributed by atoms with Gasteiger partial charge in [-0.3, -0.25) is 0 Å². The first-order valence-corrected chi connectivity index (χ1v) is 6.48. The maximum Gasteiger partial charge on any atom is 0.106 e. The maximum absolute atomic E-state index is 11.2. The molecule has 0 aromatic rings. The molecule has 0 bridgehead atoms. The normalized spacial score (nSPS) is 37.2. The predicted octanol–water partition coefficient (Wildman–Crippen LogP) is -0.456. The molecule has 0 spiro atoms.